The largest absolute Gasteiger partial charge is 0.377 e. The van der Waals surface area contributed by atoms with E-state index in [9.17, 15) is 9.90 Å². The van der Waals surface area contributed by atoms with Crippen LogP contribution in [0.25, 0.3) is 0 Å². The van der Waals surface area contributed by atoms with Crippen LogP contribution in [0.4, 0.5) is 0 Å². The van der Waals surface area contributed by atoms with Gasteiger partial charge in [0, 0.05) is 11.8 Å². The van der Waals surface area contributed by atoms with Gasteiger partial charge >= 0.3 is 0 Å². The summed E-state index contributed by atoms with van der Waals surface area (Å²) in [6.07, 6.45) is 15.7. The molecule has 2 heteroatoms. The molecule has 0 aromatic rings. The van der Waals surface area contributed by atoms with Crippen molar-refractivity contribution in [1.82, 2.24) is 0 Å². The molecule has 3 fully saturated rings. The second-order valence-corrected chi connectivity index (χ2v) is 8.30. The van der Waals surface area contributed by atoms with E-state index in [1.807, 2.05) is 6.08 Å². The number of ketones is 1. The standard InChI is InChI=1S/C20H26O2/c1-3-20(22)11-9-18-17-6-4-13-12-14(21)5-7-15(13)16(17)8-10-19(18,20)2/h1,12,15-18,22H,4-11H2,2H3/t15?,16?,17-,18?,19+,20+/m1/s1. The van der Waals surface area contributed by atoms with E-state index in [-0.39, 0.29) is 5.41 Å². The molecule has 0 heterocycles. The van der Waals surface area contributed by atoms with E-state index in [1.165, 1.54) is 12.0 Å². The van der Waals surface area contributed by atoms with Gasteiger partial charge in [-0.1, -0.05) is 18.4 Å². The lowest BCUT2D eigenvalue weighted by molar-refractivity contribution is -0.116. The zero-order valence-electron chi connectivity index (χ0n) is 13.5. The average Bonchev–Trinajstić information content (AvgIpc) is 2.79. The normalized spacial score (nSPS) is 50.4. The fraction of sp³-hybridized carbons (Fsp3) is 0.750. The zero-order chi connectivity index (χ0) is 15.5. The van der Waals surface area contributed by atoms with Crippen LogP contribution in [0.5, 0.6) is 0 Å². The minimum Gasteiger partial charge on any atom is -0.377 e. The summed E-state index contributed by atoms with van der Waals surface area (Å²) in [6.45, 7) is 2.23. The fourth-order valence-electron chi connectivity index (χ4n) is 6.43. The molecule has 0 aromatic carbocycles. The molecular formula is C20H26O2. The third-order valence-corrected chi connectivity index (χ3v) is 7.69. The second-order valence-electron chi connectivity index (χ2n) is 8.30. The fourth-order valence-corrected chi connectivity index (χ4v) is 6.43. The highest BCUT2D eigenvalue weighted by molar-refractivity contribution is 5.91. The molecule has 6 atom stereocenters. The van der Waals surface area contributed by atoms with Crippen molar-refractivity contribution in [2.75, 3.05) is 0 Å². The van der Waals surface area contributed by atoms with Crippen molar-refractivity contribution < 1.29 is 9.90 Å². The molecule has 4 aliphatic rings. The van der Waals surface area contributed by atoms with Gasteiger partial charge in [-0.3, -0.25) is 4.79 Å². The van der Waals surface area contributed by atoms with Crippen LogP contribution in [-0.2, 0) is 4.79 Å². The molecule has 3 saturated carbocycles. The van der Waals surface area contributed by atoms with Gasteiger partial charge in [-0.2, -0.15) is 0 Å². The van der Waals surface area contributed by atoms with E-state index in [0.717, 1.165) is 44.9 Å². The monoisotopic (exact) mass is 298 g/mol. The van der Waals surface area contributed by atoms with Gasteiger partial charge in [0.05, 0.1) is 0 Å². The van der Waals surface area contributed by atoms with Gasteiger partial charge < -0.3 is 5.11 Å². The van der Waals surface area contributed by atoms with Crippen molar-refractivity contribution in [3.05, 3.63) is 11.6 Å². The maximum absolute atomic E-state index is 11.7. The SMILES string of the molecule is C#C[C@]1(O)CCC2[C@@H]3CCC4=CC(=O)CCC4C3CC[C@@]21C. The number of aliphatic hydroxyl groups is 1. The van der Waals surface area contributed by atoms with E-state index in [1.54, 1.807) is 0 Å². The molecule has 118 valence electrons. The summed E-state index contributed by atoms with van der Waals surface area (Å²) in [5.41, 5.74) is 0.418. The first-order valence-corrected chi connectivity index (χ1v) is 8.92. The Bertz CT molecular complexity index is 583. The summed E-state index contributed by atoms with van der Waals surface area (Å²) in [6, 6.07) is 0. The minimum absolute atomic E-state index is 0.103. The van der Waals surface area contributed by atoms with Crippen LogP contribution in [0.15, 0.2) is 11.6 Å². The number of allylic oxidation sites excluding steroid dienone is 1. The number of fused-ring (bicyclic) bond motifs is 5. The van der Waals surface area contributed by atoms with Crippen molar-refractivity contribution in [2.24, 2.45) is 29.1 Å². The number of rotatable bonds is 0. The summed E-state index contributed by atoms with van der Waals surface area (Å²) in [5, 5.41) is 10.9. The summed E-state index contributed by atoms with van der Waals surface area (Å²) in [7, 11) is 0. The first-order valence-electron chi connectivity index (χ1n) is 8.92. The molecule has 0 amide bonds. The molecule has 4 rings (SSSR count). The summed E-state index contributed by atoms with van der Waals surface area (Å²) < 4.78 is 0. The number of carbonyl (C=O) groups is 1. The van der Waals surface area contributed by atoms with Crippen LogP contribution < -0.4 is 0 Å². The van der Waals surface area contributed by atoms with Gasteiger partial charge in [-0.05, 0) is 74.7 Å². The average molecular weight is 298 g/mol. The number of terminal acetylenes is 1. The lowest BCUT2D eigenvalue weighted by Crippen LogP contribution is -2.52. The van der Waals surface area contributed by atoms with Crippen molar-refractivity contribution >= 4 is 5.78 Å². The highest BCUT2D eigenvalue weighted by atomic mass is 16.3. The van der Waals surface area contributed by atoms with E-state index in [2.05, 4.69) is 12.8 Å². The maximum Gasteiger partial charge on any atom is 0.155 e. The molecule has 4 aliphatic carbocycles. The Morgan fingerprint density at radius 2 is 2.00 bits per heavy atom. The van der Waals surface area contributed by atoms with Gasteiger partial charge in [0.25, 0.3) is 0 Å². The predicted molar refractivity (Wildman–Crippen MR) is 85.9 cm³/mol. The van der Waals surface area contributed by atoms with Crippen LogP contribution in [0, 0.1) is 41.4 Å². The lowest BCUT2D eigenvalue weighted by Gasteiger charge is -2.54. The van der Waals surface area contributed by atoms with E-state index in [0.29, 0.717) is 29.5 Å². The third-order valence-electron chi connectivity index (χ3n) is 7.69. The Morgan fingerprint density at radius 1 is 1.18 bits per heavy atom. The Kier molecular flexibility index (Phi) is 3.11. The molecule has 0 aromatic heterocycles. The van der Waals surface area contributed by atoms with Gasteiger partial charge in [-0.15, -0.1) is 6.42 Å². The summed E-state index contributed by atoms with van der Waals surface area (Å²) in [4.78, 5) is 11.7. The molecular weight excluding hydrogens is 272 g/mol. The lowest BCUT2D eigenvalue weighted by atomic mass is 9.50. The van der Waals surface area contributed by atoms with Crippen LogP contribution in [-0.4, -0.2) is 16.5 Å². The van der Waals surface area contributed by atoms with Crippen molar-refractivity contribution in [2.45, 2.75) is 63.9 Å². The van der Waals surface area contributed by atoms with E-state index < -0.39 is 5.60 Å². The molecule has 2 nitrogen and oxygen atoms in total. The molecule has 22 heavy (non-hydrogen) atoms. The minimum atomic E-state index is -0.902. The molecule has 0 radical (unpaired) electrons. The quantitative estimate of drug-likeness (QED) is 0.695. The highest BCUT2D eigenvalue weighted by Gasteiger charge is 2.61. The zero-order valence-corrected chi connectivity index (χ0v) is 13.5. The van der Waals surface area contributed by atoms with E-state index >= 15 is 0 Å². The molecule has 3 unspecified atom stereocenters. The second kappa shape index (κ2) is 4.71. The Labute approximate surface area is 133 Å². The Balaban J connectivity index is 1.65. The number of carbonyl (C=O) groups excluding carboxylic acids is 1. The third kappa shape index (κ3) is 1.75. The summed E-state index contributed by atoms with van der Waals surface area (Å²) in [5.74, 6) is 5.66. The van der Waals surface area contributed by atoms with Crippen molar-refractivity contribution in [3.63, 3.8) is 0 Å². The Hall–Kier alpha value is -1.07. The highest BCUT2D eigenvalue weighted by Crippen LogP contribution is 2.64. The number of hydrogen-bond acceptors (Lipinski definition) is 2. The molecule has 0 saturated heterocycles. The van der Waals surface area contributed by atoms with Crippen molar-refractivity contribution in [1.29, 1.82) is 0 Å². The van der Waals surface area contributed by atoms with Gasteiger partial charge in [-0.25, -0.2) is 0 Å². The van der Waals surface area contributed by atoms with Crippen LogP contribution in [0.2, 0.25) is 0 Å². The maximum atomic E-state index is 11.7. The molecule has 1 N–H and O–H groups in total. The van der Waals surface area contributed by atoms with Crippen LogP contribution in [0.3, 0.4) is 0 Å². The Morgan fingerprint density at radius 3 is 2.77 bits per heavy atom. The smallest absolute Gasteiger partial charge is 0.155 e. The molecule has 0 bridgehead atoms. The summed E-state index contributed by atoms with van der Waals surface area (Å²) >= 11 is 0. The first-order chi connectivity index (χ1) is 10.5. The van der Waals surface area contributed by atoms with Gasteiger partial charge in [0.1, 0.15) is 5.60 Å². The molecule has 0 aliphatic heterocycles. The van der Waals surface area contributed by atoms with Crippen molar-refractivity contribution in [3.8, 4) is 12.3 Å². The van der Waals surface area contributed by atoms with Gasteiger partial charge in [0.2, 0.25) is 0 Å². The molecule has 0 spiro atoms. The topological polar surface area (TPSA) is 37.3 Å². The number of hydrogen-bond donors (Lipinski definition) is 1. The predicted octanol–water partition coefficient (Wildman–Crippen LogP) is 3.49. The van der Waals surface area contributed by atoms with Crippen LogP contribution >= 0.6 is 0 Å². The first kappa shape index (κ1) is 14.5. The van der Waals surface area contributed by atoms with Crippen LogP contribution in [0.1, 0.15) is 58.3 Å². The van der Waals surface area contributed by atoms with Gasteiger partial charge in [0.15, 0.2) is 5.78 Å². The van der Waals surface area contributed by atoms with E-state index in [4.69, 9.17) is 6.42 Å².